The van der Waals surface area contributed by atoms with E-state index in [4.69, 9.17) is 4.74 Å². The van der Waals surface area contributed by atoms with Crippen LogP contribution in [-0.4, -0.2) is 58.9 Å². The third-order valence-electron chi connectivity index (χ3n) is 5.00. The summed E-state index contributed by atoms with van der Waals surface area (Å²) in [6.07, 6.45) is 5.70. The third-order valence-corrected chi connectivity index (χ3v) is 5.00. The lowest BCUT2D eigenvalue weighted by atomic mass is 10.2. The zero-order chi connectivity index (χ0) is 21.3. The van der Waals surface area contributed by atoms with E-state index in [0.29, 0.717) is 18.8 Å². The van der Waals surface area contributed by atoms with Gasteiger partial charge in [-0.25, -0.2) is 14.6 Å². The second-order valence-electron chi connectivity index (χ2n) is 7.84. The molecular formula is C22H31N5O3. The van der Waals surface area contributed by atoms with Crippen molar-refractivity contribution in [2.75, 3.05) is 31.5 Å². The number of rotatable bonds is 8. The van der Waals surface area contributed by atoms with Gasteiger partial charge < -0.3 is 15.4 Å². The van der Waals surface area contributed by atoms with Crippen LogP contribution in [-0.2, 0) is 11.3 Å². The number of urea groups is 1. The molecule has 0 unspecified atom stereocenters. The predicted octanol–water partition coefficient (Wildman–Crippen LogP) is 2.30. The molecule has 1 aromatic heterocycles. The van der Waals surface area contributed by atoms with Crippen molar-refractivity contribution in [1.29, 1.82) is 0 Å². The predicted molar refractivity (Wildman–Crippen MR) is 117 cm³/mol. The monoisotopic (exact) mass is 413 g/mol. The van der Waals surface area contributed by atoms with E-state index in [0.717, 1.165) is 38.0 Å². The highest BCUT2D eigenvalue weighted by atomic mass is 16.5. The maximum atomic E-state index is 12.2. The van der Waals surface area contributed by atoms with Crippen LogP contribution in [0.4, 0.5) is 10.5 Å². The average Bonchev–Trinajstić information content (AvgIpc) is 2.69. The Balaban J connectivity index is 1.38. The maximum absolute atomic E-state index is 12.2. The van der Waals surface area contributed by atoms with Crippen LogP contribution in [0.3, 0.4) is 0 Å². The number of morpholine rings is 1. The molecule has 1 aliphatic heterocycles. The highest BCUT2D eigenvalue weighted by Gasteiger charge is 2.21. The van der Waals surface area contributed by atoms with Gasteiger partial charge in [0, 0.05) is 37.7 Å². The summed E-state index contributed by atoms with van der Waals surface area (Å²) in [5, 5.41) is 5.76. The van der Waals surface area contributed by atoms with Crippen LogP contribution in [0.2, 0.25) is 0 Å². The summed E-state index contributed by atoms with van der Waals surface area (Å²) in [5.74, 6) is 0. The number of amides is 2. The van der Waals surface area contributed by atoms with Gasteiger partial charge in [0.2, 0.25) is 0 Å². The molecule has 1 saturated heterocycles. The van der Waals surface area contributed by atoms with Crippen LogP contribution in [0, 0.1) is 0 Å². The number of hydrogen-bond donors (Lipinski definition) is 2. The molecule has 0 aliphatic carbocycles. The molecule has 30 heavy (non-hydrogen) atoms. The van der Waals surface area contributed by atoms with Gasteiger partial charge in [0.25, 0.3) is 0 Å². The standard InChI is InChI=1S/C22H31N5O3/c1-17-14-26(15-18(2)30-17)11-4-3-9-23-21(28)25-20-8-5-7-19(13-20)16-27-12-6-10-24-22(27)29/h5-8,10,12-13,17-18H,3-4,9,11,14-16H2,1-2H3,(H2,23,25,28)/t17-,18-/m1/s1. The molecule has 1 fully saturated rings. The van der Waals surface area contributed by atoms with Crippen LogP contribution in [0.5, 0.6) is 0 Å². The number of carbonyl (C=O) groups is 1. The fourth-order valence-electron chi connectivity index (χ4n) is 3.76. The second-order valence-corrected chi connectivity index (χ2v) is 7.84. The number of ether oxygens (including phenoxy) is 1. The van der Waals surface area contributed by atoms with Crippen molar-refractivity contribution in [2.24, 2.45) is 0 Å². The molecule has 0 radical (unpaired) electrons. The molecule has 0 bridgehead atoms. The van der Waals surface area contributed by atoms with Crippen LogP contribution >= 0.6 is 0 Å². The SMILES string of the molecule is C[C@@H]1CN(CCCCNC(=O)Nc2cccc(Cn3cccnc3=O)c2)C[C@@H](C)O1. The molecule has 3 rings (SSSR count). The van der Waals surface area contributed by atoms with E-state index in [1.165, 1.54) is 10.8 Å². The van der Waals surface area contributed by atoms with Crippen LogP contribution in [0.15, 0.2) is 47.5 Å². The Labute approximate surface area is 177 Å². The average molecular weight is 414 g/mol. The van der Waals surface area contributed by atoms with Gasteiger partial charge >= 0.3 is 11.7 Å². The molecule has 1 aromatic carbocycles. The number of hydrogen-bond acceptors (Lipinski definition) is 5. The Morgan fingerprint density at radius 2 is 2.00 bits per heavy atom. The normalized spacial score (nSPS) is 19.4. The molecule has 2 N–H and O–H groups in total. The lowest BCUT2D eigenvalue weighted by Gasteiger charge is -2.35. The number of benzene rings is 1. The highest BCUT2D eigenvalue weighted by molar-refractivity contribution is 5.89. The summed E-state index contributed by atoms with van der Waals surface area (Å²) in [4.78, 5) is 30.1. The van der Waals surface area contributed by atoms with Crippen molar-refractivity contribution < 1.29 is 9.53 Å². The summed E-state index contributed by atoms with van der Waals surface area (Å²) >= 11 is 0. The molecule has 2 heterocycles. The van der Waals surface area contributed by atoms with E-state index in [1.807, 2.05) is 24.3 Å². The molecule has 0 saturated carbocycles. The molecule has 1 aliphatic rings. The first-order chi connectivity index (χ1) is 14.5. The maximum Gasteiger partial charge on any atom is 0.347 e. The minimum absolute atomic E-state index is 0.223. The van der Waals surface area contributed by atoms with Crippen molar-refractivity contribution in [3.63, 3.8) is 0 Å². The molecule has 2 amide bonds. The van der Waals surface area contributed by atoms with Gasteiger partial charge in [0.1, 0.15) is 0 Å². The van der Waals surface area contributed by atoms with Gasteiger partial charge in [-0.15, -0.1) is 0 Å². The van der Waals surface area contributed by atoms with Crippen LogP contribution < -0.4 is 16.3 Å². The van der Waals surface area contributed by atoms with Gasteiger partial charge in [0.05, 0.1) is 18.8 Å². The molecule has 8 heteroatoms. The van der Waals surface area contributed by atoms with Crippen LogP contribution in [0.25, 0.3) is 0 Å². The van der Waals surface area contributed by atoms with Gasteiger partial charge in [0.15, 0.2) is 0 Å². The largest absolute Gasteiger partial charge is 0.373 e. The van der Waals surface area contributed by atoms with Crippen molar-refractivity contribution in [2.45, 2.75) is 45.4 Å². The van der Waals surface area contributed by atoms with Gasteiger partial charge in [-0.05, 0) is 57.0 Å². The summed E-state index contributed by atoms with van der Waals surface area (Å²) in [7, 11) is 0. The summed E-state index contributed by atoms with van der Waals surface area (Å²) in [6.45, 7) is 8.22. The van der Waals surface area contributed by atoms with E-state index in [-0.39, 0.29) is 23.9 Å². The quantitative estimate of drug-likeness (QED) is 0.649. The molecule has 2 atom stereocenters. The van der Waals surface area contributed by atoms with E-state index < -0.39 is 0 Å². The number of carbonyl (C=O) groups excluding carboxylic acids is 1. The fraction of sp³-hybridized carbons (Fsp3) is 0.500. The van der Waals surface area contributed by atoms with E-state index in [1.54, 1.807) is 12.3 Å². The van der Waals surface area contributed by atoms with Crippen LogP contribution in [0.1, 0.15) is 32.3 Å². The van der Waals surface area contributed by atoms with Crippen molar-refractivity contribution >= 4 is 11.7 Å². The third kappa shape index (κ3) is 6.96. The minimum Gasteiger partial charge on any atom is -0.373 e. The first kappa shape index (κ1) is 22.0. The van der Waals surface area contributed by atoms with Gasteiger partial charge in [-0.2, -0.15) is 0 Å². The van der Waals surface area contributed by atoms with Gasteiger partial charge in [-0.1, -0.05) is 12.1 Å². The zero-order valence-electron chi connectivity index (χ0n) is 17.7. The lowest BCUT2D eigenvalue weighted by Crippen LogP contribution is -2.45. The number of nitrogens with zero attached hydrogens (tertiary/aromatic N) is 3. The molecular weight excluding hydrogens is 382 g/mol. The molecule has 0 spiro atoms. The Bertz CT molecular complexity index is 875. The summed E-state index contributed by atoms with van der Waals surface area (Å²) < 4.78 is 7.28. The minimum atomic E-state index is -0.297. The van der Waals surface area contributed by atoms with E-state index in [2.05, 4.69) is 34.4 Å². The summed E-state index contributed by atoms with van der Waals surface area (Å²) in [6, 6.07) is 8.96. The molecule has 2 aromatic rings. The van der Waals surface area contributed by atoms with Crippen molar-refractivity contribution in [1.82, 2.24) is 19.8 Å². The first-order valence-electron chi connectivity index (χ1n) is 10.5. The van der Waals surface area contributed by atoms with E-state index in [9.17, 15) is 9.59 Å². The summed E-state index contributed by atoms with van der Waals surface area (Å²) in [5.41, 5.74) is 1.31. The first-order valence-corrected chi connectivity index (χ1v) is 10.5. The number of nitrogens with one attached hydrogen (secondary N) is 2. The fourth-order valence-corrected chi connectivity index (χ4v) is 3.76. The van der Waals surface area contributed by atoms with Crippen molar-refractivity contribution in [3.05, 3.63) is 58.8 Å². The number of aromatic nitrogens is 2. The van der Waals surface area contributed by atoms with Crippen molar-refractivity contribution in [3.8, 4) is 0 Å². The molecule has 8 nitrogen and oxygen atoms in total. The Morgan fingerprint density at radius 1 is 1.20 bits per heavy atom. The zero-order valence-corrected chi connectivity index (χ0v) is 17.7. The lowest BCUT2D eigenvalue weighted by molar-refractivity contribution is -0.0681. The second kappa shape index (κ2) is 10.9. The Morgan fingerprint density at radius 3 is 2.77 bits per heavy atom. The topological polar surface area (TPSA) is 88.5 Å². The smallest absolute Gasteiger partial charge is 0.347 e. The number of anilines is 1. The highest BCUT2D eigenvalue weighted by Crippen LogP contribution is 2.12. The number of unbranched alkanes of at least 4 members (excludes halogenated alkanes) is 1. The van der Waals surface area contributed by atoms with Gasteiger partial charge in [-0.3, -0.25) is 9.47 Å². The van der Waals surface area contributed by atoms with E-state index >= 15 is 0 Å². The Hall–Kier alpha value is -2.71. The molecule has 162 valence electrons. The Kier molecular flexibility index (Phi) is 7.98.